The molecule has 5 heteroatoms. The molecule has 0 bridgehead atoms. The molecular formula is C11H14N2O2S. The first kappa shape index (κ1) is 11.3. The van der Waals surface area contributed by atoms with E-state index >= 15 is 0 Å². The molecule has 2 N–H and O–H groups in total. The van der Waals surface area contributed by atoms with Crippen molar-refractivity contribution < 1.29 is 4.79 Å². The van der Waals surface area contributed by atoms with Crippen LogP contribution in [0.5, 0.6) is 0 Å². The van der Waals surface area contributed by atoms with Crippen LogP contribution in [0.15, 0.2) is 23.1 Å². The van der Waals surface area contributed by atoms with E-state index < -0.39 is 0 Å². The normalized spacial score (nSPS) is 19.6. The Balaban J connectivity index is 1.90. The second kappa shape index (κ2) is 5.21. The summed E-state index contributed by atoms with van der Waals surface area (Å²) in [7, 11) is 0. The van der Waals surface area contributed by atoms with Gasteiger partial charge in [0.2, 0.25) is 5.56 Å². The number of hydrogen-bond acceptors (Lipinski definition) is 3. The maximum absolute atomic E-state index is 11.7. The van der Waals surface area contributed by atoms with E-state index in [-0.39, 0.29) is 11.5 Å². The first-order valence-corrected chi connectivity index (χ1v) is 6.39. The second-order valence-electron chi connectivity index (χ2n) is 3.79. The molecule has 1 aliphatic rings. The molecule has 0 aromatic carbocycles. The summed E-state index contributed by atoms with van der Waals surface area (Å²) in [6, 6.07) is 2.93. The largest absolute Gasteiger partial charge is 0.351 e. The van der Waals surface area contributed by atoms with Gasteiger partial charge in [-0.2, -0.15) is 11.8 Å². The average Bonchev–Trinajstić information content (AvgIpc) is 2.78. The van der Waals surface area contributed by atoms with Crippen LogP contribution in [0.25, 0.3) is 0 Å². The molecule has 2 heterocycles. The fraction of sp³-hybridized carbons (Fsp3) is 0.455. The van der Waals surface area contributed by atoms with Gasteiger partial charge in [0.05, 0.1) is 0 Å². The summed E-state index contributed by atoms with van der Waals surface area (Å²) in [5.41, 5.74) is 0.176. The van der Waals surface area contributed by atoms with E-state index in [1.807, 2.05) is 11.8 Å². The molecule has 0 spiro atoms. The van der Waals surface area contributed by atoms with Gasteiger partial charge in [-0.1, -0.05) is 0 Å². The van der Waals surface area contributed by atoms with Crippen LogP contribution in [0.3, 0.4) is 0 Å². The highest BCUT2D eigenvalue weighted by Crippen LogP contribution is 2.25. The van der Waals surface area contributed by atoms with Crippen LogP contribution in [-0.2, 0) is 0 Å². The van der Waals surface area contributed by atoms with Crippen LogP contribution in [0.1, 0.15) is 23.2 Å². The van der Waals surface area contributed by atoms with Crippen LogP contribution < -0.4 is 10.9 Å². The van der Waals surface area contributed by atoms with Crippen molar-refractivity contribution in [1.29, 1.82) is 0 Å². The zero-order valence-corrected chi connectivity index (χ0v) is 9.68. The third-order valence-electron chi connectivity index (χ3n) is 2.55. The predicted molar refractivity (Wildman–Crippen MR) is 64.9 cm³/mol. The number of nitrogens with one attached hydrogen (secondary N) is 2. The van der Waals surface area contributed by atoms with Crippen LogP contribution in [-0.4, -0.2) is 28.4 Å². The van der Waals surface area contributed by atoms with Gasteiger partial charge in [0, 0.05) is 29.6 Å². The number of amides is 1. The van der Waals surface area contributed by atoms with E-state index in [2.05, 4.69) is 10.3 Å². The summed E-state index contributed by atoms with van der Waals surface area (Å²) in [6.07, 6.45) is 3.89. The van der Waals surface area contributed by atoms with Crippen molar-refractivity contribution in [2.75, 3.05) is 12.3 Å². The van der Waals surface area contributed by atoms with Gasteiger partial charge in [-0.3, -0.25) is 9.59 Å². The summed E-state index contributed by atoms with van der Waals surface area (Å²) in [4.78, 5) is 25.2. The molecule has 1 unspecified atom stereocenters. The van der Waals surface area contributed by atoms with E-state index in [1.54, 1.807) is 6.07 Å². The average molecular weight is 238 g/mol. The molecule has 16 heavy (non-hydrogen) atoms. The zero-order valence-electron chi connectivity index (χ0n) is 8.86. The van der Waals surface area contributed by atoms with Crippen molar-refractivity contribution in [3.63, 3.8) is 0 Å². The van der Waals surface area contributed by atoms with Crippen molar-refractivity contribution in [2.24, 2.45) is 0 Å². The molecule has 1 saturated heterocycles. The van der Waals surface area contributed by atoms with Gasteiger partial charge in [-0.25, -0.2) is 0 Å². The number of H-pyrrole nitrogens is 1. The number of aromatic nitrogens is 1. The van der Waals surface area contributed by atoms with Crippen molar-refractivity contribution in [2.45, 2.75) is 18.1 Å². The van der Waals surface area contributed by atoms with Gasteiger partial charge in [0.15, 0.2) is 0 Å². The minimum atomic E-state index is -0.247. The number of carbonyl (C=O) groups is 1. The molecule has 1 fully saturated rings. The Hall–Kier alpha value is -1.23. The molecule has 2 rings (SSSR count). The standard InChI is InChI=1S/C11H14N2O2S/c14-10-6-8(3-4-12-10)11(15)13-7-9-2-1-5-16-9/h3-4,6,9H,1-2,5,7H2,(H,12,14)(H,13,15). The Morgan fingerprint density at radius 2 is 2.50 bits per heavy atom. The van der Waals surface area contributed by atoms with Gasteiger partial charge in [0.25, 0.3) is 5.91 Å². The van der Waals surface area contributed by atoms with Crippen molar-refractivity contribution >= 4 is 17.7 Å². The van der Waals surface area contributed by atoms with E-state index in [0.717, 1.165) is 0 Å². The van der Waals surface area contributed by atoms with Crippen LogP contribution in [0, 0.1) is 0 Å². The lowest BCUT2D eigenvalue weighted by Gasteiger charge is -2.09. The third-order valence-corrected chi connectivity index (χ3v) is 3.95. The Bertz CT molecular complexity index is 424. The molecule has 1 amide bonds. The maximum Gasteiger partial charge on any atom is 0.251 e. The van der Waals surface area contributed by atoms with Gasteiger partial charge in [-0.15, -0.1) is 0 Å². The molecule has 0 aliphatic carbocycles. The minimum absolute atomic E-state index is 0.168. The first-order valence-electron chi connectivity index (χ1n) is 5.34. The van der Waals surface area contributed by atoms with Crippen LogP contribution in [0.4, 0.5) is 0 Å². The first-order chi connectivity index (χ1) is 7.75. The summed E-state index contributed by atoms with van der Waals surface area (Å²) < 4.78 is 0. The fourth-order valence-corrected chi connectivity index (χ4v) is 2.90. The van der Waals surface area contributed by atoms with E-state index in [1.165, 1.54) is 30.9 Å². The monoisotopic (exact) mass is 238 g/mol. The minimum Gasteiger partial charge on any atom is -0.351 e. The third kappa shape index (κ3) is 2.88. The van der Waals surface area contributed by atoms with E-state index in [0.29, 0.717) is 17.4 Å². The lowest BCUT2D eigenvalue weighted by atomic mass is 10.2. The Kier molecular flexibility index (Phi) is 3.66. The Morgan fingerprint density at radius 1 is 1.62 bits per heavy atom. The molecule has 1 aromatic rings. The highest BCUT2D eigenvalue weighted by atomic mass is 32.2. The van der Waals surface area contributed by atoms with Gasteiger partial charge >= 0.3 is 0 Å². The molecule has 1 atom stereocenters. The SMILES string of the molecule is O=C(NCC1CCCS1)c1cc[nH]c(=O)c1. The van der Waals surface area contributed by atoms with Crippen molar-refractivity contribution in [3.8, 4) is 0 Å². The molecule has 0 saturated carbocycles. The van der Waals surface area contributed by atoms with Crippen LogP contribution in [0.2, 0.25) is 0 Å². The van der Waals surface area contributed by atoms with Gasteiger partial charge in [-0.05, 0) is 24.7 Å². The molecule has 0 radical (unpaired) electrons. The lowest BCUT2D eigenvalue weighted by molar-refractivity contribution is 0.0953. The molecule has 1 aliphatic heterocycles. The molecule has 1 aromatic heterocycles. The van der Waals surface area contributed by atoms with Gasteiger partial charge in [0.1, 0.15) is 0 Å². The second-order valence-corrected chi connectivity index (χ2v) is 5.19. The topological polar surface area (TPSA) is 62.0 Å². The number of aromatic amines is 1. The number of rotatable bonds is 3. The van der Waals surface area contributed by atoms with E-state index in [9.17, 15) is 9.59 Å². The molecular weight excluding hydrogens is 224 g/mol. The zero-order chi connectivity index (χ0) is 11.4. The predicted octanol–water partition coefficient (Wildman–Crippen LogP) is 1.00. The van der Waals surface area contributed by atoms with Gasteiger partial charge < -0.3 is 10.3 Å². The molecule has 4 nitrogen and oxygen atoms in total. The summed E-state index contributed by atoms with van der Waals surface area (Å²) in [6.45, 7) is 0.691. The number of hydrogen-bond donors (Lipinski definition) is 2. The Labute approximate surface area is 97.8 Å². The van der Waals surface area contributed by atoms with Crippen LogP contribution >= 0.6 is 11.8 Å². The lowest BCUT2D eigenvalue weighted by Crippen LogP contribution is -2.30. The number of carbonyl (C=O) groups excluding carboxylic acids is 1. The maximum atomic E-state index is 11.7. The number of pyridine rings is 1. The summed E-state index contributed by atoms with van der Waals surface area (Å²) in [5.74, 6) is 1.02. The fourth-order valence-electron chi connectivity index (χ4n) is 1.70. The van der Waals surface area contributed by atoms with Crippen molar-refractivity contribution in [1.82, 2.24) is 10.3 Å². The quantitative estimate of drug-likeness (QED) is 0.826. The Morgan fingerprint density at radius 3 is 3.19 bits per heavy atom. The smallest absolute Gasteiger partial charge is 0.251 e. The van der Waals surface area contributed by atoms with Crippen molar-refractivity contribution in [3.05, 3.63) is 34.2 Å². The molecule has 86 valence electrons. The highest BCUT2D eigenvalue weighted by Gasteiger charge is 2.16. The van der Waals surface area contributed by atoms with E-state index in [4.69, 9.17) is 0 Å². The highest BCUT2D eigenvalue weighted by molar-refractivity contribution is 8.00. The number of thioether (sulfide) groups is 1. The summed E-state index contributed by atoms with van der Waals surface area (Å²) in [5, 5.41) is 3.39. The summed E-state index contributed by atoms with van der Waals surface area (Å²) >= 11 is 1.90.